The highest BCUT2D eigenvalue weighted by Gasteiger charge is 2.31. The van der Waals surface area contributed by atoms with E-state index in [4.69, 9.17) is 21.1 Å². The lowest BCUT2D eigenvalue weighted by Gasteiger charge is -2.10. The molecule has 6 nitrogen and oxygen atoms in total. The maximum atomic E-state index is 12.9. The average molecular weight is 468 g/mol. The fourth-order valence-corrected chi connectivity index (χ4v) is 3.28. The standard InChI is InChI=1S/C22H21ClF3N3O3/c1-31-19-6-3-14(9-20(19)32-2)7-8-29-13-17(12-27-29)28-21(30)11-15-10-16(22(24,25)26)4-5-18(15)23/h3-6,9-10,12-13H,7-8,11H2,1-2H3,(H,28,30). The zero-order chi connectivity index (χ0) is 23.3. The Morgan fingerprint density at radius 2 is 1.88 bits per heavy atom. The van der Waals surface area contributed by atoms with Crippen molar-refractivity contribution in [3.63, 3.8) is 0 Å². The third kappa shape index (κ3) is 5.94. The number of aryl methyl sites for hydroxylation is 2. The lowest BCUT2D eigenvalue weighted by atomic mass is 10.1. The topological polar surface area (TPSA) is 65.4 Å². The number of benzene rings is 2. The van der Waals surface area contributed by atoms with E-state index in [0.29, 0.717) is 30.2 Å². The molecule has 32 heavy (non-hydrogen) atoms. The second-order valence-corrected chi connectivity index (χ2v) is 7.37. The van der Waals surface area contributed by atoms with Crippen LogP contribution in [0.15, 0.2) is 48.8 Å². The van der Waals surface area contributed by atoms with Crippen LogP contribution < -0.4 is 14.8 Å². The van der Waals surface area contributed by atoms with Gasteiger partial charge in [-0.25, -0.2) is 0 Å². The van der Waals surface area contributed by atoms with Gasteiger partial charge in [-0.15, -0.1) is 0 Å². The number of ether oxygens (including phenoxy) is 2. The summed E-state index contributed by atoms with van der Waals surface area (Å²) >= 11 is 5.96. The molecule has 0 spiro atoms. The Balaban J connectivity index is 1.59. The van der Waals surface area contributed by atoms with Crippen LogP contribution in [-0.4, -0.2) is 29.9 Å². The fraction of sp³-hybridized carbons (Fsp3) is 0.273. The SMILES string of the molecule is COc1ccc(CCn2cc(NC(=O)Cc3cc(C(F)(F)F)ccc3Cl)cn2)cc1OC. The minimum Gasteiger partial charge on any atom is -0.493 e. The normalized spacial score (nSPS) is 11.3. The number of amides is 1. The van der Waals surface area contributed by atoms with Crippen LogP contribution in [0.2, 0.25) is 5.02 Å². The zero-order valence-corrected chi connectivity index (χ0v) is 18.1. The molecule has 1 heterocycles. The molecule has 0 unspecified atom stereocenters. The van der Waals surface area contributed by atoms with Crippen LogP contribution in [0.5, 0.6) is 11.5 Å². The molecule has 0 atom stereocenters. The zero-order valence-electron chi connectivity index (χ0n) is 17.4. The van der Waals surface area contributed by atoms with Crippen LogP contribution in [0.1, 0.15) is 16.7 Å². The molecule has 0 fully saturated rings. The van der Waals surface area contributed by atoms with Gasteiger partial charge in [-0.05, 0) is 47.9 Å². The van der Waals surface area contributed by atoms with Crippen molar-refractivity contribution in [2.75, 3.05) is 19.5 Å². The third-order valence-corrected chi connectivity index (χ3v) is 5.09. The smallest absolute Gasteiger partial charge is 0.416 e. The molecule has 0 saturated carbocycles. The number of hydrogen-bond acceptors (Lipinski definition) is 4. The number of hydrogen-bond donors (Lipinski definition) is 1. The van der Waals surface area contributed by atoms with E-state index in [-0.39, 0.29) is 17.0 Å². The quantitative estimate of drug-likeness (QED) is 0.506. The highest BCUT2D eigenvalue weighted by Crippen LogP contribution is 2.32. The summed E-state index contributed by atoms with van der Waals surface area (Å²) < 4.78 is 50.9. The first-order valence-corrected chi connectivity index (χ1v) is 9.96. The number of carbonyl (C=O) groups excluding carboxylic acids is 1. The van der Waals surface area contributed by atoms with E-state index in [0.717, 1.165) is 23.8 Å². The van der Waals surface area contributed by atoms with Gasteiger partial charge in [0.15, 0.2) is 11.5 Å². The second kappa shape index (κ2) is 9.95. The summed E-state index contributed by atoms with van der Waals surface area (Å²) in [7, 11) is 3.13. The van der Waals surface area contributed by atoms with Crippen LogP contribution >= 0.6 is 11.6 Å². The van der Waals surface area contributed by atoms with E-state index in [1.807, 2.05) is 18.2 Å². The van der Waals surface area contributed by atoms with Gasteiger partial charge in [0.05, 0.1) is 38.1 Å². The first-order valence-electron chi connectivity index (χ1n) is 9.58. The van der Waals surface area contributed by atoms with Gasteiger partial charge in [-0.2, -0.15) is 18.3 Å². The van der Waals surface area contributed by atoms with Crippen molar-refractivity contribution in [1.29, 1.82) is 0 Å². The first kappa shape index (κ1) is 23.5. The van der Waals surface area contributed by atoms with E-state index in [9.17, 15) is 18.0 Å². The number of nitrogens with one attached hydrogen (secondary N) is 1. The van der Waals surface area contributed by atoms with Crippen molar-refractivity contribution in [2.45, 2.75) is 25.6 Å². The summed E-state index contributed by atoms with van der Waals surface area (Å²) in [6.07, 6.45) is -1.02. The molecule has 0 aliphatic carbocycles. The molecule has 0 aliphatic heterocycles. The van der Waals surface area contributed by atoms with Crippen molar-refractivity contribution >= 4 is 23.2 Å². The van der Waals surface area contributed by atoms with Crippen molar-refractivity contribution < 1.29 is 27.4 Å². The number of alkyl halides is 3. The summed E-state index contributed by atoms with van der Waals surface area (Å²) in [5.74, 6) is 0.776. The van der Waals surface area contributed by atoms with Gasteiger partial charge in [0.25, 0.3) is 0 Å². The molecular formula is C22H21ClF3N3O3. The second-order valence-electron chi connectivity index (χ2n) is 6.96. The van der Waals surface area contributed by atoms with E-state index in [2.05, 4.69) is 10.4 Å². The Morgan fingerprint density at radius 3 is 2.56 bits per heavy atom. The lowest BCUT2D eigenvalue weighted by molar-refractivity contribution is -0.137. The van der Waals surface area contributed by atoms with Gasteiger partial charge in [0.2, 0.25) is 5.91 Å². The Hall–Kier alpha value is -3.20. The fourth-order valence-electron chi connectivity index (χ4n) is 3.09. The number of halogens is 4. The maximum absolute atomic E-state index is 12.9. The molecule has 0 bridgehead atoms. The molecule has 1 aromatic heterocycles. The largest absolute Gasteiger partial charge is 0.493 e. The third-order valence-electron chi connectivity index (χ3n) is 4.72. The Kier molecular flexibility index (Phi) is 7.29. The van der Waals surface area contributed by atoms with Gasteiger partial charge < -0.3 is 14.8 Å². The van der Waals surface area contributed by atoms with Crippen molar-refractivity contribution in [3.05, 3.63) is 70.5 Å². The van der Waals surface area contributed by atoms with E-state index in [1.165, 1.54) is 6.20 Å². The Labute approximate surface area is 187 Å². The Morgan fingerprint density at radius 1 is 1.12 bits per heavy atom. The summed E-state index contributed by atoms with van der Waals surface area (Å²) in [4.78, 5) is 12.3. The summed E-state index contributed by atoms with van der Waals surface area (Å²) in [5.41, 5.74) is 0.695. The Bertz CT molecular complexity index is 1100. The number of nitrogens with zero attached hydrogens (tertiary/aromatic N) is 2. The van der Waals surface area contributed by atoms with Crippen molar-refractivity contribution in [2.24, 2.45) is 0 Å². The molecule has 0 aliphatic rings. The molecule has 170 valence electrons. The minimum absolute atomic E-state index is 0.0961. The summed E-state index contributed by atoms with van der Waals surface area (Å²) in [6, 6.07) is 8.53. The molecule has 3 rings (SSSR count). The predicted molar refractivity (Wildman–Crippen MR) is 114 cm³/mol. The summed E-state index contributed by atoms with van der Waals surface area (Å²) in [5, 5.41) is 6.93. The molecule has 3 aromatic rings. The molecule has 0 saturated heterocycles. The molecule has 2 aromatic carbocycles. The van der Waals surface area contributed by atoms with Gasteiger partial charge in [0, 0.05) is 17.8 Å². The molecular weight excluding hydrogens is 447 g/mol. The van der Waals surface area contributed by atoms with Crippen LogP contribution in [0, 0.1) is 0 Å². The van der Waals surface area contributed by atoms with Crippen LogP contribution in [0.4, 0.5) is 18.9 Å². The number of methoxy groups -OCH3 is 2. The lowest BCUT2D eigenvalue weighted by Crippen LogP contribution is -2.15. The predicted octanol–water partition coefficient (Wildman–Crippen LogP) is 5.00. The van der Waals surface area contributed by atoms with E-state index < -0.39 is 17.6 Å². The van der Waals surface area contributed by atoms with Crippen LogP contribution in [-0.2, 0) is 30.4 Å². The number of rotatable bonds is 8. The maximum Gasteiger partial charge on any atom is 0.416 e. The van der Waals surface area contributed by atoms with Crippen molar-refractivity contribution in [3.8, 4) is 11.5 Å². The van der Waals surface area contributed by atoms with Gasteiger partial charge >= 0.3 is 6.18 Å². The van der Waals surface area contributed by atoms with Crippen LogP contribution in [0.25, 0.3) is 0 Å². The molecule has 0 radical (unpaired) electrons. The number of carbonyl (C=O) groups is 1. The first-order chi connectivity index (χ1) is 15.2. The van der Waals surface area contributed by atoms with Crippen LogP contribution in [0.3, 0.4) is 0 Å². The molecule has 1 N–H and O–H groups in total. The molecule has 1 amide bonds. The van der Waals surface area contributed by atoms with E-state index >= 15 is 0 Å². The monoisotopic (exact) mass is 467 g/mol. The average Bonchev–Trinajstić information content (AvgIpc) is 3.19. The van der Waals surface area contributed by atoms with Gasteiger partial charge in [0.1, 0.15) is 0 Å². The number of aromatic nitrogens is 2. The van der Waals surface area contributed by atoms with Gasteiger partial charge in [-0.1, -0.05) is 17.7 Å². The summed E-state index contributed by atoms with van der Waals surface area (Å²) in [6.45, 7) is 0.546. The highest BCUT2D eigenvalue weighted by molar-refractivity contribution is 6.31. The van der Waals surface area contributed by atoms with E-state index in [1.54, 1.807) is 25.1 Å². The van der Waals surface area contributed by atoms with Crippen molar-refractivity contribution in [1.82, 2.24) is 9.78 Å². The minimum atomic E-state index is -4.51. The number of anilines is 1. The van der Waals surface area contributed by atoms with Gasteiger partial charge in [-0.3, -0.25) is 9.48 Å². The molecule has 10 heteroatoms. The highest BCUT2D eigenvalue weighted by atomic mass is 35.5.